The number of nitrogens with zero attached hydrogens (tertiary/aromatic N) is 3. The molecule has 0 aliphatic carbocycles. The van der Waals surface area contributed by atoms with Gasteiger partial charge >= 0.3 is 11.9 Å². The second-order valence-electron chi connectivity index (χ2n) is 6.83. The van der Waals surface area contributed by atoms with Crippen molar-refractivity contribution in [1.82, 2.24) is 20.3 Å². The van der Waals surface area contributed by atoms with Crippen LogP contribution in [0.25, 0.3) is 0 Å². The third-order valence-corrected chi connectivity index (χ3v) is 4.95. The summed E-state index contributed by atoms with van der Waals surface area (Å²) in [5.74, 6) is -1.92. The number of carbonyl (C=O) groups is 2. The minimum absolute atomic E-state index is 0.0427. The van der Waals surface area contributed by atoms with Gasteiger partial charge in [0.2, 0.25) is 11.8 Å². The van der Waals surface area contributed by atoms with Crippen LogP contribution in [-0.2, 0) is 25.7 Å². The van der Waals surface area contributed by atoms with Crippen molar-refractivity contribution < 1.29 is 28.5 Å². The minimum Gasteiger partial charge on any atom is -0.481 e. The van der Waals surface area contributed by atoms with Crippen LogP contribution in [0.15, 0.2) is 53.3 Å². The molecule has 2 aromatic rings. The summed E-state index contributed by atoms with van der Waals surface area (Å²) in [7, 11) is 4.12. The molecule has 10 heteroatoms. The lowest BCUT2D eigenvalue weighted by atomic mass is 9.81. The molecule has 1 atom stereocenters. The molecule has 0 bridgehead atoms. The first kappa shape index (κ1) is 22.7. The van der Waals surface area contributed by atoms with Gasteiger partial charge < -0.3 is 24.3 Å². The number of aromatic nitrogens is 3. The predicted molar refractivity (Wildman–Crippen MR) is 112 cm³/mol. The zero-order chi connectivity index (χ0) is 23.3. The van der Waals surface area contributed by atoms with E-state index < -0.39 is 17.9 Å². The van der Waals surface area contributed by atoms with E-state index in [-0.39, 0.29) is 29.5 Å². The number of allylic oxidation sites excluding steroid dienone is 2. The quantitative estimate of drug-likeness (QED) is 0.640. The molecule has 0 saturated carbocycles. The summed E-state index contributed by atoms with van der Waals surface area (Å²) in [6.45, 7) is 3.38. The molecule has 0 amide bonds. The maximum atomic E-state index is 13.3. The Hall–Kier alpha value is -3.95. The fourth-order valence-corrected chi connectivity index (χ4v) is 3.57. The summed E-state index contributed by atoms with van der Waals surface area (Å²) in [4.78, 5) is 38.5. The molecule has 1 N–H and O–H groups in total. The first-order valence-corrected chi connectivity index (χ1v) is 9.69. The fourth-order valence-electron chi connectivity index (χ4n) is 3.57. The van der Waals surface area contributed by atoms with Crippen LogP contribution in [0.3, 0.4) is 0 Å². The molecule has 1 aliphatic heterocycles. The van der Waals surface area contributed by atoms with Gasteiger partial charge in [0.1, 0.15) is 12.9 Å². The van der Waals surface area contributed by atoms with Gasteiger partial charge in [0, 0.05) is 17.6 Å². The number of pyridine rings is 1. The van der Waals surface area contributed by atoms with Crippen molar-refractivity contribution in [3.8, 4) is 11.8 Å². The van der Waals surface area contributed by atoms with Gasteiger partial charge in [-0.05, 0) is 26.0 Å². The minimum atomic E-state index is -0.953. The van der Waals surface area contributed by atoms with Gasteiger partial charge in [0.25, 0.3) is 0 Å². The molecule has 0 radical (unpaired) electrons. The standard InChI is InChI=1S/C22H24N4O6/c1-12-15(21(27)31-5)17(18-19(29-3)24-11-25-20(18)30-4)16(13(2)26-12)22(28)32-10-14-8-6-7-9-23-14/h6-9,11,17,26H,10H2,1-5H3. The Kier molecular flexibility index (Phi) is 7.04. The molecule has 0 fully saturated rings. The van der Waals surface area contributed by atoms with E-state index in [0.717, 1.165) is 0 Å². The first-order valence-electron chi connectivity index (χ1n) is 9.69. The van der Waals surface area contributed by atoms with Crippen LogP contribution < -0.4 is 14.8 Å². The normalized spacial score (nSPS) is 15.7. The van der Waals surface area contributed by atoms with Gasteiger partial charge in [-0.1, -0.05) is 6.07 Å². The molecular weight excluding hydrogens is 416 g/mol. The van der Waals surface area contributed by atoms with Gasteiger partial charge in [-0.2, -0.15) is 0 Å². The van der Waals surface area contributed by atoms with Crippen molar-refractivity contribution in [2.24, 2.45) is 0 Å². The van der Waals surface area contributed by atoms with Crippen molar-refractivity contribution in [2.45, 2.75) is 26.4 Å². The van der Waals surface area contributed by atoms with E-state index in [1.807, 2.05) is 0 Å². The van der Waals surface area contributed by atoms with E-state index in [9.17, 15) is 9.59 Å². The van der Waals surface area contributed by atoms with Crippen LogP contribution in [-0.4, -0.2) is 48.2 Å². The Morgan fingerprint density at radius 3 is 2.09 bits per heavy atom. The SMILES string of the molecule is COC(=O)C1=C(C)NC(C)=C(C(=O)OCc2ccccn2)C1c1c(OC)ncnc1OC. The Labute approximate surface area is 185 Å². The molecule has 3 rings (SSSR count). The van der Waals surface area contributed by atoms with E-state index >= 15 is 0 Å². The van der Waals surface area contributed by atoms with Crippen molar-refractivity contribution in [3.63, 3.8) is 0 Å². The highest BCUT2D eigenvalue weighted by Crippen LogP contribution is 2.45. The number of dihydropyridines is 1. The van der Waals surface area contributed by atoms with E-state index in [0.29, 0.717) is 22.7 Å². The van der Waals surface area contributed by atoms with Gasteiger partial charge in [-0.3, -0.25) is 4.98 Å². The van der Waals surface area contributed by atoms with E-state index in [1.54, 1.807) is 38.2 Å². The van der Waals surface area contributed by atoms with Gasteiger partial charge in [-0.25, -0.2) is 19.6 Å². The number of rotatable bonds is 7. The molecular formula is C22H24N4O6. The Bertz CT molecular complexity index is 1060. The third kappa shape index (κ3) is 4.39. The summed E-state index contributed by atoms with van der Waals surface area (Å²) in [6.07, 6.45) is 2.88. The summed E-state index contributed by atoms with van der Waals surface area (Å²) in [5.41, 5.74) is 2.26. The van der Waals surface area contributed by atoms with Gasteiger partial charge in [0.15, 0.2) is 0 Å². The lowest BCUT2D eigenvalue weighted by Gasteiger charge is -2.30. The van der Waals surface area contributed by atoms with Crippen molar-refractivity contribution in [1.29, 1.82) is 0 Å². The van der Waals surface area contributed by atoms with Crippen LogP contribution in [0.4, 0.5) is 0 Å². The predicted octanol–water partition coefficient (Wildman–Crippen LogP) is 2.04. The third-order valence-electron chi connectivity index (χ3n) is 4.95. The van der Waals surface area contributed by atoms with Crippen molar-refractivity contribution in [2.75, 3.05) is 21.3 Å². The second-order valence-corrected chi connectivity index (χ2v) is 6.83. The van der Waals surface area contributed by atoms with Crippen molar-refractivity contribution in [3.05, 3.63) is 64.5 Å². The number of ether oxygens (including phenoxy) is 4. The highest BCUT2D eigenvalue weighted by Gasteiger charge is 2.41. The maximum absolute atomic E-state index is 13.3. The zero-order valence-electron chi connectivity index (χ0n) is 18.5. The molecule has 3 heterocycles. The number of hydrogen-bond acceptors (Lipinski definition) is 10. The van der Waals surface area contributed by atoms with Crippen LogP contribution >= 0.6 is 0 Å². The van der Waals surface area contributed by atoms with E-state index in [4.69, 9.17) is 18.9 Å². The number of carbonyl (C=O) groups excluding carboxylic acids is 2. The number of nitrogens with one attached hydrogen (secondary N) is 1. The molecule has 0 aromatic carbocycles. The van der Waals surface area contributed by atoms with Crippen LogP contribution in [0, 0.1) is 0 Å². The molecule has 10 nitrogen and oxygen atoms in total. The summed E-state index contributed by atoms with van der Waals surface area (Å²) < 4.78 is 21.4. The van der Waals surface area contributed by atoms with Crippen LogP contribution in [0.5, 0.6) is 11.8 Å². The van der Waals surface area contributed by atoms with E-state index in [1.165, 1.54) is 27.7 Å². The van der Waals surface area contributed by atoms with Crippen molar-refractivity contribution >= 4 is 11.9 Å². The van der Waals surface area contributed by atoms with Gasteiger partial charge in [-0.15, -0.1) is 0 Å². The number of methoxy groups -OCH3 is 3. The maximum Gasteiger partial charge on any atom is 0.337 e. The zero-order valence-corrected chi connectivity index (χ0v) is 18.5. The summed E-state index contributed by atoms with van der Waals surface area (Å²) >= 11 is 0. The highest BCUT2D eigenvalue weighted by molar-refractivity contribution is 6.00. The molecule has 1 unspecified atom stereocenters. The monoisotopic (exact) mass is 440 g/mol. The average molecular weight is 440 g/mol. The molecule has 0 saturated heterocycles. The summed E-state index contributed by atoms with van der Waals surface area (Å²) in [6, 6.07) is 5.31. The highest BCUT2D eigenvalue weighted by atomic mass is 16.5. The lowest BCUT2D eigenvalue weighted by Crippen LogP contribution is -2.33. The number of esters is 2. The first-order chi connectivity index (χ1) is 15.4. The van der Waals surface area contributed by atoms with Crippen LogP contribution in [0.2, 0.25) is 0 Å². The fraction of sp³-hybridized carbons (Fsp3) is 0.318. The molecule has 1 aliphatic rings. The Morgan fingerprint density at radius 2 is 1.56 bits per heavy atom. The topological polar surface area (TPSA) is 122 Å². The largest absolute Gasteiger partial charge is 0.481 e. The smallest absolute Gasteiger partial charge is 0.337 e. The van der Waals surface area contributed by atoms with Crippen LogP contribution in [0.1, 0.15) is 31.0 Å². The average Bonchev–Trinajstić information content (AvgIpc) is 2.81. The molecule has 168 valence electrons. The number of hydrogen-bond donors (Lipinski definition) is 1. The Balaban J connectivity index is 2.13. The molecule has 2 aromatic heterocycles. The molecule has 0 spiro atoms. The molecule has 32 heavy (non-hydrogen) atoms. The van der Waals surface area contributed by atoms with E-state index in [2.05, 4.69) is 20.3 Å². The lowest BCUT2D eigenvalue weighted by molar-refractivity contribution is -0.140. The second kappa shape index (κ2) is 9.90. The van der Waals surface area contributed by atoms with Gasteiger partial charge in [0.05, 0.1) is 49.7 Å². The summed E-state index contributed by atoms with van der Waals surface area (Å²) in [5, 5.41) is 3.07. The Morgan fingerprint density at radius 1 is 0.938 bits per heavy atom.